The molecule has 0 amide bonds. The summed E-state index contributed by atoms with van der Waals surface area (Å²) in [7, 11) is 0.827. The highest BCUT2D eigenvalue weighted by Gasteiger charge is 2.39. The van der Waals surface area contributed by atoms with Crippen molar-refractivity contribution in [1.29, 1.82) is 0 Å². The molecule has 0 N–H and O–H groups in total. The second kappa shape index (κ2) is 0.738. The monoisotopic (exact) mass is 100 g/mol. The van der Waals surface area contributed by atoms with Gasteiger partial charge in [0.2, 0.25) is 0 Å². The van der Waals surface area contributed by atoms with Gasteiger partial charge in [-0.1, -0.05) is 0 Å². The fourth-order valence-corrected chi connectivity index (χ4v) is 3.24. The third-order valence-corrected chi connectivity index (χ3v) is 4.23. The summed E-state index contributed by atoms with van der Waals surface area (Å²) in [4.78, 5) is 1.88. The van der Waals surface area contributed by atoms with Crippen molar-refractivity contribution in [3.63, 3.8) is 0 Å². The van der Waals surface area contributed by atoms with Crippen molar-refractivity contribution >= 4 is 15.3 Å². The van der Waals surface area contributed by atoms with E-state index in [0.29, 0.717) is 0 Å². The predicted octanol–water partition coefficient (Wildman–Crippen LogP) is 1.23. The zero-order valence-corrected chi connectivity index (χ0v) is 4.72. The molecule has 2 rings (SSSR count). The molecule has 34 valence electrons. The van der Waals surface area contributed by atoms with E-state index in [2.05, 4.69) is 6.26 Å². The Morgan fingerprint density at radius 3 is 2.50 bits per heavy atom. The van der Waals surface area contributed by atoms with Gasteiger partial charge in [0, 0.05) is 5.25 Å². The van der Waals surface area contributed by atoms with Crippen LogP contribution in [0.2, 0.25) is 0 Å². The van der Waals surface area contributed by atoms with Crippen molar-refractivity contribution in [2.75, 3.05) is 6.26 Å². The van der Waals surface area contributed by atoms with Crippen LogP contribution >= 0.6 is 10.5 Å². The maximum absolute atomic E-state index is 2.37. The molecule has 2 aliphatic rings. The van der Waals surface area contributed by atoms with Crippen LogP contribution in [0.1, 0.15) is 12.8 Å². The zero-order valence-electron chi connectivity index (χ0n) is 3.90. The molecule has 1 aliphatic heterocycles. The summed E-state index contributed by atoms with van der Waals surface area (Å²) >= 11 is 0. The van der Waals surface area contributed by atoms with Crippen molar-refractivity contribution in [2.45, 2.75) is 18.1 Å². The van der Waals surface area contributed by atoms with Crippen LogP contribution in [0.25, 0.3) is 0 Å². The molecule has 1 heterocycles. The standard InChI is InChI=1S/C5H8S/c1-6-4-2-3-5(4)6/h4H,2-3H2,1H3. The molecule has 0 radical (unpaired) electrons. The summed E-state index contributed by atoms with van der Waals surface area (Å²) in [6.45, 7) is 0. The summed E-state index contributed by atoms with van der Waals surface area (Å²) in [5.41, 5.74) is 0. The van der Waals surface area contributed by atoms with Gasteiger partial charge in [0.15, 0.2) is 0 Å². The summed E-state index contributed by atoms with van der Waals surface area (Å²) in [5, 5.41) is 1.14. The summed E-state index contributed by atoms with van der Waals surface area (Å²) in [6, 6.07) is 0. The van der Waals surface area contributed by atoms with Crippen molar-refractivity contribution in [3.8, 4) is 0 Å². The van der Waals surface area contributed by atoms with Crippen molar-refractivity contribution in [2.24, 2.45) is 0 Å². The molecule has 6 heavy (non-hydrogen) atoms. The van der Waals surface area contributed by atoms with Gasteiger partial charge in [-0.15, -0.1) is 0 Å². The first-order valence-electron chi connectivity index (χ1n) is 2.40. The number of fused-ring (bicyclic) bond motifs is 1. The molecule has 0 nitrogen and oxygen atoms in total. The second-order valence-corrected chi connectivity index (χ2v) is 4.26. The Labute approximate surface area is 40.5 Å². The molecular weight excluding hydrogens is 92.1 g/mol. The summed E-state index contributed by atoms with van der Waals surface area (Å²) < 4.78 is 0. The molecular formula is C5H8S. The van der Waals surface area contributed by atoms with Gasteiger partial charge in [-0.25, -0.2) is 0 Å². The Balaban J connectivity index is 2.32. The van der Waals surface area contributed by atoms with Gasteiger partial charge in [0.05, 0.1) is 0 Å². The fourth-order valence-electron chi connectivity index (χ4n) is 1.08. The van der Waals surface area contributed by atoms with Gasteiger partial charge in [-0.3, -0.25) is 0 Å². The molecule has 0 spiro atoms. The van der Waals surface area contributed by atoms with E-state index in [9.17, 15) is 0 Å². The predicted molar refractivity (Wildman–Crippen MR) is 31.5 cm³/mol. The van der Waals surface area contributed by atoms with Crippen LogP contribution in [0.4, 0.5) is 0 Å². The summed E-state index contributed by atoms with van der Waals surface area (Å²) in [6.07, 6.45) is 5.37. The van der Waals surface area contributed by atoms with E-state index in [-0.39, 0.29) is 0 Å². The first-order chi connectivity index (χ1) is 2.89. The van der Waals surface area contributed by atoms with Gasteiger partial charge in [-0.2, -0.15) is 10.5 Å². The third kappa shape index (κ3) is 0.189. The quantitative estimate of drug-likeness (QED) is 0.402. The molecule has 1 saturated carbocycles. The number of hydrogen-bond acceptors (Lipinski definition) is 0. The van der Waals surface area contributed by atoms with Gasteiger partial charge in [0.1, 0.15) is 0 Å². The van der Waals surface area contributed by atoms with E-state index in [1.54, 1.807) is 0 Å². The lowest BCUT2D eigenvalue weighted by Crippen LogP contribution is -2.08. The minimum Gasteiger partial charge on any atom is -0.181 e. The lowest BCUT2D eigenvalue weighted by molar-refractivity contribution is 0.871. The fraction of sp³-hybridized carbons (Fsp3) is 0.800. The maximum atomic E-state index is 2.37. The molecule has 0 aromatic carbocycles. The second-order valence-electron chi connectivity index (χ2n) is 2.05. The largest absolute Gasteiger partial charge is 0.181 e. The average Bonchev–Trinajstić information content (AvgIpc) is 1.63. The van der Waals surface area contributed by atoms with Crippen LogP contribution in [-0.4, -0.2) is 16.4 Å². The topological polar surface area (TPSA) is 0 Å². The zero-order chi connectivity index (χ0) is 4.15. The maximum Gasteiger partial charge on any atom is 0.0262 e. The van der Waals surface area contributed by atoms with Crippen LogP contribution < -0.4 is 0 Å². The Bertz CT molecular complexity index is 118. The molecule has 1 heteroatoms. The molecule has 0 aromatic heterocycles. The van der Waals surface area contributed by atoms with E-state index in [1.165, 1.54) is 12.8 Å². The van der Waals surface area contributed by atoms with E-state index < -0.39 is 0 Å². The SMILES string of the molecule is CS1=C2CCC21. The Kier molecular flexibility index (Phi) is 0.400. The van der Waals surface area contributed by atoms with E-state index in [1.807, 2.05) is 4.86 Å². The molecule has 0 aromatic rings. The minimum absolute atomic E-state index is 0.827. The first kappa shape index (κ1) is 3.25. The molecule has 2 unspecified atom stereocenters. The Hall–Kier alpha value is 0.220. The van der Waals surface area contributed by atoms with E-state index in [4.69, 9.17) is 0 Å². The highest BCUT2D eigenvalue weighted by atomic mass is 32.2. The van der Waals surface area contributed by atoms with E-state index >= 15 is 0 Å². The van der Waals surface area contributed by atoms with Gasteiger partial charge < -0.3 is 0 Å². The molecule has 1 aliphatic carbocycles. The third-order valence-electron chi connectivity index (χ3n) is 1.80. The van der Waals surface area contributed by atoms with Crippen molar-refractivity contribution in [3.05, 3.63) is 0 Å². The lowest BCUT2D eigenvalue weighted by Gasteiger charge is -2.04. The van der Waals surface area contributed by atoms with Gasteiger partial charge in [-0.05, 0) is 24.0 Å². The highest BCUT2D eigenvalue weighted by molar-refractivity contribution is 8.24. The Morgan fingerprint density at radius 1 is 1.83 bits per heavy atom. The molecule has 0 bridgehead atoms. The molecule has 1 fully saturated rings. The van der Waals surface area contributed by atoms with Crippen molar-refractivity contribution in [1.82, 2.24) is 0 Å². The van der Waals surface area contributed by atoms with Crippen LogP contribution in [0, 0.1) is 0 Å². The molecule has 0 saturated heterocycles. The lowest BCUT2D eigenvalue weighted by atomic mass is 10.0. The van der Waals surface area contributed by atoms with Crippen molar-refractivity contribution < 1.29 is 0 Å². The van der Waals surface area contributed by atoms with Crippen LogP contribution in [0.3, 0.4) is 0 Å². The first-order valence-corrected chi connectivity index (χ1v) is 4.09. The smallest absolute Gasteiger partial charge is 0.0262 e. The van der Waals surface area contributed by atoms with Crippen LogP contribution in [0.5, 0.6) is 0 Å². The van der Waals surface area contributed by atoms with Crippen LogP contribution in [-0.2, 0) is 0 Å². The van der Waals surface area contributed by atoms with Gasteiger partial charge in [0.25, 0.3) is 0 Å². The molecule has 2 atom stereocenters. The van der Waals surface area contributed by atoms with Crippen LogP contribution in [0.15, 0.2) is 0 Å². The Morgan fingerprint density at radius 2 is 2.50 bits per heavy atom. The summed E-state index contributed by atoms with van der Waals surface area (Å²) in [5.74, 6) is 0. The minimum atomic E-state index is 0.827. The van der Waals surface area contributed by atoms with E-state index in [0.717, 1.165) is 15.7 Å². The normalized spacial score (nSPS) is 50.5. The number of hydrogen-bond donors (Lipinski definition) is 0. The van der Waals surface area contributed by atoms with Gasteiger partial charge >= 0.3 is 0 Å². The average molecular weight is 100 g/mol. The highest BCUT2D eigenvalue weighted by Crippen LogP contribution is 2.50. The number of rotatable bonds is 0.